The second kappa shape index (κ2) is 8.19. The number of hydrogen-bond donors (Lipinski definition) is 2. The van der Waals surface area contributed by atoms with Crippen LogP contribution in [0.15, 0.2) is 85.3 Å². The van der Waals surface area contributed by atoms with Crippen molar-refractivity contribution >= 4 is 22.6 Å². The first-order chi connectivity index (χ1) is 18.1. The van der Waals surface area contributed by atoms with Crippen molar-refractivity contribution in [2.45, 2.75) is 30.0 Å². The van der Waals surface area contributed by atoms with Gasteiger partial charge in [-0.15, -0.1) is 0 Å². The van der Waals surface area contributed by atoms with E-state index in [2.05, 4.69) is 15.3 Å². The lowest BCUT2D eigenvalue weighted by atomic mass is 9.73. The van der Waals surface area contributed by atoms with Gasteiger partial charge in [0.2, 0.25) is 6.04 Å². The minimum atomic E-state index is -0.959. The van der Waals surface area contributed by atoms with E-state index in [4.69, 9.17) is 21.6 Å². The summed E-state index contributed by atoms with van der Waals surface area (Å²) in [5, 5.41) is 17.2. The highest BCUT2D eigenvalue weighted by molar-refractivity contribution is 6.30. The summed E-state index contributed by atoms with van der Waals surface area (Å²) in [5.41, 5.74) is 5.57. The van der Waals surface area contributed by atoms with Gasteiger partial charge >= 0.3 is 0 Å². The molecule has 0 saturated carbocycles. The van der Waals surface area contributed by atoms with Gasteiger partial charge in [0.15, 0.2) is 0 Å². The first-order valence-corrected chi connectivity index (χ1v) is 12.4. The zero-order valence-electron chi connectivity index (χ0n) is 19.5. The Kier molecular flexibility index (Phi) is 4.89. The fraction of sp³-hybridized carbons (Fsp3) is 0.179. The van der Waals surface area contributed by atoms with Gasteiger partial charge in [-0.25, -0.2) is 15.0 Å². The second-order valence-corrected chi connectivity index (χ2v) is 10.0. The maximum atomic E-state index is 12.8. The molecule has 8 nitrogen and oxygen atoms in total. The number of rotatable bonds is 4. The molecule has 0 bridgehead atoms. The summed E-state index contributed by atoms with van der Waals surface area (Å²) in [6, 6.07) is 21.6. The number of fused-ring (bicyclic) bond motifs is 6. The van der Waals surface area contributed by atoms with Crippen molar-refractivity contribution in [3.8, 4) is 11.3 Å². The minimum Gasteiger partial charge on any atom is -0.348 e. The van der Waals surface area contributed by atoms with Crippen LogP contribution in [0.5, 0.6) is 0 Å². The van der Waals surface area contributed by atoms with E-state index in [0.717, 1.165) is 39.1 Å². The van der Waals surface area contributed by atoms with E-state index in [1.165, 1.54) is 0 Å². The molecule has 9 heteroatoms. The van der Waals surface area contributed by atoms with Gasteiger partial charge < -0.3 is 4.98 Å². The van der Waals surface area contributed by atoms with Crippen LogP contribution in [0.1, 0.15) is 28.4 Å². The monoisotopic (exact) mass is 508 g/mol. The van der Waals surface area contributed by atoms with Crippen molar-refractivity contribution in [1.82, 2.24) is 25.3 Å². The summed E-state index contributed by atoms with van der Waals surface area (Å²) in [5.74, 6) is -0.564. The average molecular weight is 509 g/mol. The van der Waals surface area contributed by atoms with Crippen LogP contribution in [0, 0.1) is 10.1 Å². The van der Waals surface area contributed by atoms with Gasteiger partial charge in [0.25, 0.3) is 0 Å². The van der Waals surface area contributed by atoms with Crippen molar-refractivity contribution < 1.29 is 4.92 Å². The highest BCUT2D eigenvalue weighted by Crippen LogP contribution is 2.58. The van der Waals surface area contributed by atoms with E-state index in [1.54, 1.807) is 24.7 Å². The number of halogens is 1. The van der Waals surface area contributed by atoms with Crippen molar-refractivity contribution in [2.75, 3.05) is 0 Å². The zero-order valence-corrected chi connectivity index (χ0v) is 20.3. The molecule has 4 unspecified atom stereocenters. The lowest BCUT2D eigenvalue weighted by Gasteiger charge is -2.33. The molecule has 2 N–H and O–H groups in total. The van der Waals surface area contributed by atoms with Gasteiger partial charge in [0, 0.05) is 33.8 Å². The van der Waals surface area contributed by atoms with Crippen LogP contribution < -0.4 is 5.32 Å². The molecule has 1 spiro atoms. The van der Waals surface area contributed by atoms with Gasteiger partial charge in [-0.1, -0.05) is 60.1 Å². The quantitative estimate of drug-likeness (QED) is 0.264. The number of H-pyrrole nitrogens is 1. The van der Waals surface area contributed by atoms with Crippen molar-refractivity contribution in [3.05, 3.63) is 123 Å². The number of hydrogen-bond acceptors (Lipinski definition) is 6. The van der Waals surface area contributed by atoms with E-state index >= 15 is 0 Å². The third kappa shape index (κ3) is 3.22. The van der Waals surface area contributed by atoms with E-state index in [1.807, 2.05) is 60.7 Å². The topological polar surface area (TPSA) is 110 Å². The number of nitrogens with zero attached hydrogens (tertiary/aromatic N) is 4. The van der Waals surface area contributed by atoms with Crippen LogP contribution in [-0.4, -0.2) is 36.9 Å². The summed E-state index contributed by atoms with van der Waals surface area (Å²) in [6.07, 6.45) is 3.72. The van der Waals surface area contributed by atoms with Crippen LogP contribution >= 0.6 is 11.6 Å². The number of nitro groups is 1. The van der Waals surface area contributed by atoms with Crippen LogP contribution in [0.25, 0.3) is 22.3 Å². The van der Waals surface area contributed by atoms with Gasteiger partial charge in [-0.3, -0.25) is 15.4 Å². The van der Waals surface area contributed by atoms with E-state index in [-0.39, 0.29) is 4.92 Å². The van der Waals surface area contributed by atoms with Gasteiger partial charge in [-0.05, 0) is 35.4 Å². The van der Waals surface area contributed by atoms with Crippen molar-refractivity contribution in [1.29, 1.82) is 0 Å². The molecule has 0 amide bonds. The fourth-order valence-corrected chi connectivity index (χ4v) is 6.36. The normalized spacial score (nSPS) is 23.9. The Morgan fingerprint density at radius 1 is 0.973 bits per heavy atom. The minimum absolute atomic E-state index is 0.156. The van der Waals surface area contributed by atoms with Crippen molar-refractivity contribution in [2.24, 2.45) is 0 Å². The Morgan fingerprint density at radius 3 is 2.43 bits per heavy atom. The largest absolute Gasteiger partial charge is 0.348 e. The summed E-state index contributed by atoms with van der Waals surface area (Å²) >= 11 is 6.24. The van der Waals surface area contributed by atoms with Crippen LogP contribution in [0.3, 0.4) is 0 Å². The molecule has 182 valence electrons. The molecule has 2 aliphatic rings. The molecule has 1 fully saturated rings. The van der Waals surface area contributed by atoms with Gasteiger partial charge in [0.1, 0.15) is 5.54 Å². The molecule has 4 atom stereocenters. The number of para-hydroxylation sites is 2. The van der Waals surface area contributed by atoms with Crippen LogP contribution in [0.2, 0.25) is 5.02 Å². The molecular formula is C28H21ClN6O2. The molecular weight excluding hydrogens is 488 g/mol. The van der Waals surface area contributed by atoms with Crippen LogP contribution in [0.4, 0.5) is 0 Å². The third-order valence-electron chi connectivity index (χ3n) is 7.65. The van der Waals surface area contributed by atoms with Gasteiger partial charge in [0.05, 0.1) is 40.7 Å². The first-order valence-electron chi connectivity index (χ1n) is 12.1. The number of imidazole rings is 1. The first kappa shape index (κ1) is 22.1. The Hall–Kier alpha value is -4.14. The smallest absolute Gasteiger partial charge is 0.237 e. The van der Waals surface area contributed by atoms with Gasteiger partial charge in [-0.2, -0.15) is 0 Å². The summed E-state index contributed by atoms with van der Waals surface area (Å²) < 4.78 is 0. The molecule has 2 aromatic heterocycles. The van der Waals surface area contributed by atoms with E-state index < -0.39 is 23.5 Å². The Balaban J connectivity index is 1.54. The highest BCUT2D eigenvalue weighted by Gasteiger charge is 2.65. The molecule has 1 aliphatic heterocycles. The van der Waals surface area contributed by atoms with E-state index in [9.17, 15) is 10.1 Å². The second-order valence-electron chi connectivity index (χ2n) is 9.60. The fourth-order valence-electron chi connectivity index (χ4n) is 6.23. The molecule has 5 aromatic rings. The van der Waals surface area contributed by atoms with Crippen molar-refractivity contribution in [3.63, 3.8) is 0 Å². The predicted molar refractivity (Wildman–Crippen MR) is 140 cm³/mol. The average Bonchev–Trinajstić information content (AvgIpc) is 3.61. The van der Waals surface area contributed by atoms with E-state index in [0.29, 0.717) is 17.1 Å². The number of benzene rings is 3. The Bertz CT molecular complexity index is 1660. The molecule has 3 heterocycles. The zero-order chi connectivity index (χ0) is 25.1. The SMILES string of the molecule is O=[N+]([O-])C1C(Cc2cnc[nH]2)NC2(c3ccccc3-c3nc4ccccc4nc32)C1c1ccc(Cl)cc1. The molecule has 3 aromatic carbocycles. The molecule has 1 saturated heterocycles. The Morgan fingerprint density at radius 2 is 1.70 bits per heavy atom. The predicted octanol–water partition coefficient (Wildman–Crippen LogP) is 4.87. The number of nitrogens with one attached hydrogen (secondary N) is 2. The third-order valence-corrected chi connectivity index (χ3v) is 7.90. The maximum Gasteiger partial charge on any atom is 0.237 e. The standard InChI is InChI=1S/C28H21ClN6O2/c29-17-11-9-16(10-12-17)24-26(35(36)37)23(13-18-14-30-15-31-18)34-28(24)20-6-2-1-5-19(20)25-27(28)33-22-8-4-3-7-21(22)32-25/h1-12,14-15,23-24,26,34H,13H2,(H,30,31). The molecule has 7 rings (SSSR count). The summed E-state index contributed by atoms with van der Waals surface area (Å²) in [6.45, 7) is 0. The Labute approximate surface area is 216 Å². The maximum absolute atomic E-state index is 12.8. The lowest BCUT2D eigenvalue weighted by molar-refractivity contribution is -0.527. The number of aromatic nitrogens is 4. The molecule has 0 radical (unpaired) electrons. The summed E-state index contributed by atoms with van der Waals surface area (Å²) in [4.78, 5) is 30.1. The highest BCUT2D eigenvalue weighted by atomic mass is 35.5. The summed E-state index contributed by atoms with van der Waals surface area (Å²) in [7, 11) is 0. The molecule has 37 heavy (non-hydrogen) atoms. The molecule has 1 aliphatic carbocycles. The lowest BCUT2D eigenvalue weighted by Crippen LogP contribution is -2.44. The van der Waals surface area contributed by atoms with Crippen LogP contribution in [-0.2, 0) is 12.0 Å². The number of aromatic amines is 1.